The minimum absolute atomic E-state index is 0.151. The minimum atomic E-state index is -0.209. The van der Waals surface area contributed by atoms with Gasteiger partial charge < -0.3 is 15.2 Å². The van der Waals surface area contributed by atoms with E-state index in [1.165, 1.54) is 5.56 Å². The molecule has 2 aromatic rings. The Balaban J connectivity index is 1.71. The second-order valence-electron chi connectivity index (χ2n) is 6.06. The number of benzene rings is 2. The van der Waals surface area contributed by atoms with Crippen molar-refractivity contribution in [2.24, 2.45) is 5.73 Å². The predicted molar refractivity (Wildman–Crippen MR) is 92.1 cm³/mol. The summed E-state index contributed by atoms with van der Waals surface area (Å²) < 4.78 is 13.2. The summed E-state index contributed by atoms with van der Waals surface area (Å²) in [5, 5.41) is 0. The van der Waals surface area contributed by atoms with E-state index in [0.717, 1.165) is 34.4 Å². The molecular formula is C18H19BrN2O2. The Bertz CT molecular complexity index is 722. The summed E-state index contributed by atoms with van der Waals surface area (Å²) in [5.41, 5.74) is 9.78. The molecule has 5 heteroatoms. The number of halogens is 1. The Hall–Kier alpha value is -1.40. The van der Waals surface area contributed by atoms with Crippen LogP contribution in [0.5, 0.6) is 5.75 Å². The highest BCUT2D eigenvalue weighted by atomic mass is 79.9. The van der Waals surface area contributed by atoms with E-state index in [9.17, 15) is 0 Å². The number of fused-ring (bicyclic) bond motifs is 1. The van der Waals surface area contributed by atoms with Crippen molar-refractivity contribution in [1.82, 2.24) is 4.90 Å². The first-order valence-corrected chi connectivity index (χ1v) is 8.57. The lowest BCUT2D eigenvalue weighted by Crippen LogP contribution is -2.37. The van der Waals surface area contributed by atoms with Crippen LogP contribution >= 0.6 is 15.9 Å². The molecule has 0 bridgehead atoms. The van der Waals surface area contributed by atoms with Crippen LogP contribution in [0.25, 0.3) is 0 Å². The number of nitrogens with two attached hydrogens (primary N) is 1. The van der Waals surface area contributed by atoms with Crippen molar-refractivity contribution >= 4 is 15.9 Å². The second kappa shape index (κ2) is 5.91. The Morgan fingerprint density at radius 2 is 2.00 bits per heavy atom. The third kappa shape index (κ3) is 2.58. The average Bonchev–Trinajstić information content (AvgIpc) is 3.13. The number of likely N-dealkylation sites (N-methyl/N-ethyl adjacent to an activating group) is 1. The summed E-state index contributed by atoms with van der Waals surface area (Å²) in [5.74, 6) is 0.950. The van der Waals surface area contributed by atoms with Gasteiger partial charge in [0.25, 0.3) is 0 Å². The molecule has 3 unspecified atom stereocenters. The van der Waals surface area contributed by atoms with Crippen molar-refractivity contribution in [3.05, 3.63) is 63.6 Å². The van der Waals surface area contributed by atoms with Crippen molar-refractivity contribution < 1.29 is 9.47 Å². The Kier molecular flexibility index (Phi) is 3.89. The smallest absolute Gasteiger partial charge is 0.142 e. The van der Waals surface area contributed by atoms with Gasteiger partial charge in [0.05, 0.1) is 12.8 Å². The van der Waals surface area contributed by atoms with Crippen LogP contribution in [0.2, 0.25) is 0 Å². The first-order chi connectivity index (χ1) is 11.1. The molecule has 2 aromatic carbocycles. The normalized spacial score (nSPS) is 27.0. The largest absolute Gasteiger partial charge is 0.493 e. The van der Waals surface area contributed by atoms with Crippen molar-refractivity contribution in [3.63, 3.8) is 0 Å². The van der Waals surface area contributed by atoms with Crippen LogP contribution < -0.4 is 10.5 Å². The summed E-state index contributed by atoms with van der Waals surface area (Å²) in [6, 6.07) is 14.3. The van der Waals surface area contributed by atoms with Crippen LogP contribution in [0, 0.1) is 0 Å². The fraction of sp³-hybridized carbons (Fsp3) is 0.333. The summed E-state index contributed by atoms with van der Waals surface area (Å²) in [7, 11) is 2.00. The molecule has 120 valence electrons. The standard InChI is InChI=1S/C18H19BrN2O2/c1-21-17(20)16(11-5-3-2-4-6-11)23-18(21)14-10-13(19)9-12-7-8-22-15(12)14/h2-6,9-10,16-18H,7-8,20H2,1H3. The van der Waals surface area contributed by atoms with Gasteiger partial charge in [0.2, 0.25) is 0 Å². The number of nitrogens with zero attached hydrogens (tertiary/aromatic N) is 1. The maximum absolute atomic E-state index is 6.41. The molecule has 3 atom stereocenters. The van der Waals surface area contributed by atoms with Gasteiger partial charge in [-0.3, -0.25) is 4.90 Å². The van der Waals surface area contributed by atoms with E-state index in [2.05, 4.69) is 45.1 Å². The molecule has 2 N–H and O–H groups in total. The number of hydrogen-bond acceptors (Lipinski definition) is 4. The van der Waals surface area contributed by atoms with Crippen LogP contribution in [-0.4, -0.2) is 24.7 Å². The fourth-order valence-electron chi connectivity index (χ4n) is 3.38. The van der Waals surface area contributed by atoms with Crippen LogP contribution in [0.1, 0.15) is 29.0 Å². The second-order valence-corrected chi connectivity index (χ2v) is 6.97. The van der Waals surface area contributed by atoms with E-state index in [1.807, 2.05) is 25.2 Å². The van der Waals surface area contributed by atoms with Gasteiger partial charge in [-0.1, -0.05) is 46.3 Å². The molecule has 1 saturated heterocycles. The fourth-order valence-corrected chi connectivity index (χ4v) is 3.90. The summed E-state index contributed by atoms with van der Waals surface area (Å²) >= 11 is 3.60. The molecule has 0 radical (unpaired) electrons. The Morgan fingerprint density at radius 3 is 2.78 bits per heavy atom. The quantitative estimate of drug-likeness (QED) is 0.875. The van der Waals surface area contributed by atoms with E-state index < -0.39 is 0 Å². The van der Waals surface area contributed by atoms with Gasteiger partial charge in [-0.2, -0.15) is 0 Å². The lowest BCUT2D eigenvalue weighted by Gasteiger charge is -2.23. The monoisotopic (exact) mass is 374 g/mol. The van der Waals surface area contributed by atoms with Crippen molar-refractivity contribution in [1.29, 1.82) is 0 Å². The van der Waals surface area contributed by atoms with Crippen LogP contribution in [-0.2, 0) is 11.2 Å². The molecule has 23 heavy (non-hydrogen) atoms. The zero-order valence-electron chi connectivity index (χ0n) is 12.9. The molecular weight excluding hydrogens is 356 g/mol. The number of rotatable bonds is 2. The predicted octanol–water partition coefficient (Wildman–Crippen LogP) is 3.37. The number of ether oxygens (including phenoxy) is 2. The topological polar surface area (TPSA) is 47.7 Å². The summed E-state index contributed by atoms with van der Waals surface area (Å²) in [6.07, 6.45) is 0.382. The van der Waals surface area contributed by atoms with E-state index in [4.69, 9.17) is 15.2 Å². The van der Waals surface area contributed by atoms with Crippen molar-refractivity contribution in [2.45, 2.75) is 24.9 Å². The maximum atomic E-state index is 6.41. The third-order valence-corrected chi connectivity index (χ3v) is 5.06. The van der Waals surface area contributed by atoms with E-state index in [1.54, 1.807) is 0 Å². The first-order valence-electron chi connectivity index (χ1n) is 7.78. The van der Waals surface area contributed by atoms with Crippen molar-refractivity contribution in [2.75, 3.05) is 13.7 Å². The molecule has 0 aromatic heterocycles. The zero-order valence-corrected chi connectivity index (χ0v) is 14.5. The molecule has 4 nitrogen and oxygen atoms in total. The Labute approximate surface area is 144 Å². The average molecular weight is 375 g/mol. The molecule has 0 saturated carbocycles. The van der Waals surface area contributed by atoms with Gasteiger partial charge >= 0.3 is 0 Å². The van der Waals surface area contributed by atoms with Crippen LogP contribution in [0.4, 0.5) is 0 Å². The van der Waals surface area contributed by atoms with E-state index in [0.29, 0.717) is 0 Å². The highest BCUT2D eigenvalue weighted by molar-refractivity contribution is 9.10. The van der Waals surface area contributed by atoms with Gasteiger partial charge in [0.15, 0.2) is 0 Å². The molecule has 0 spiro atoms. The molecule has 1 fully saturated rings. The van der Waals surface area contributed by atoms with Gasteiger partial charge in [0, 0.05) is 16.5 Å². The van der Waals surface area contributed by atoms with Gasteiger partial charge in [-0.15, -0.1) is 0 Å². The first kappa shape index (κ1) is 15.1. The molecule has 2 aliphatic heterocycles. The molecule has 2 heterocycles. The SMILES string of the molecule is CN1C(c2cc(Br)cc3c2OCC3)OC(c2ccccc2)C1N. The molecule has 0 aliphatic carbocycles. The summed E-state index contributed by atoms with van der Waals surface area (Å²) in [6.45, 7) is 0.726. The molecule has 0 amide bonds. The van der Waals surface area contributed by atoms with Gasteiger partial charge in [-0.25, -0.2) is 0 Å². The lowest BCUT2D eigenvalue weighted by molar-refractivity contribution is 0.00408. The number of hydrogen-bond donors (Lipinski definition) is 1. The van der Waals surface area contributed by atoms with E-state index in [-0.39, 0.29) is 18.5 Å². The van der Waals surface area contributed by atoms with E-state index >= 15 is 0 Å². The Morgan fingerprint density at radius 1 is 1.22 bits per heavy atom. The highest BCUT2D eigenvalue weighted by Crippen LogP contribution is 2.45. The molecule has 4 rings (SSSR count). The zero-order chi connectivity index (χ0) is 16.0. The maximum Gasteiger partial charge on any atom is 0.142 e. The third-order valence-electron chi connectivity index (χ3n) is 4.60. The van der Waals surface area contributed by atoms with Gasteiger partial charge in [-0.05, 0) is 30.3 Å². The molecule has 2 aliphatic rings. The van der Waals surface area contributed by atoms with Crippen molar-refractivity contribution in [3.8, 4) is 5.75 Å². The minimum Gasteiger partial charge on any atom is -0.493 e. The lowest BCUT2D eigenvalue weighted by atomic mass is 10.1. The summed E-state index contributed by atoms with van der Waals surface area (Å²) in [4.78, 5) is 2.07. The van der Waals surface area contributed by atoms with Crippen LogP contribution in [0.15, 0.2) is 46.9 Å². The highest BCUT2D eigenvalue weighted by Gasteiger charge is 2.41. The van der Waals surface area contributed by atoms with Gasteiger partial charge in [0.1, 0.15) is 18.1 Å². The van der Waals surface area contributed by atoms with Crippen LogP contribution in [0.3, 0.4) is 0 Å².